The summed E-state index contributed by atoms with van der Waals surface area (Å²) in [6, 6.07) is 8.98. The average Bonchev–Trinajstić information content (AvgIpc) is 3.26. The third kappa shape index (κ3) is 3.87. The molecule has 0 aliphatic rings. The second-order valence-electron chi connectivity index (χ2n) is 5.56. The molecule has 0 bridgehead atoms. The van der Waals surface area contributed by atoms with Gasteiger partial charge in [-0.1, -0.05) is 6.07 Å². The summed E-state index contributed by atoms with van der Waals surface area (Å²) in [5, 5.41) is 15.6. The topological polar surface area (TPSA) is 88.2 Å². The minimum Gasteiger partial charge on any atom is -0.466 e. The van der Waals surface area contributed by atoms with E-state index in [-0.39, 0.29) is 18.9 Å². The van der Waals surface area contributed by atoms with Gasteiger partial charge >= 0.3 is 0 Å². The van der Waals surface area contributed by atoms with Gasteiger partial charge in [-0.05, 0) is 31.2 Å². The number of aliphatic hydroxyl groups is 1. The predicted molar refractivity (Wildman–Crippen MR) is 90.3 cm³/mol. The van der Waals surface area contributed by atoms with Crippen LogP contribution in [0.4, 0.5) is 0 Å². The maximum absolute atomic E-state index is 12.1. The van der Waals surface area contributed by atoms with Crippen LogP contribution in [0.3, 0.4) is 0 Å². The molecule has 3 aromatic rings. The van der Waals surface area contributed by atoms with Crippen LogP contribution in [0.15, 0.2) is 52.6 Å². The van der Waals surface area contributed by atoms with Gasteiger partial charge in [-0.25, -0.2) is 4.98 Å². The van der Waals surface area contributed by atoms with Gasteiger partial charge in [0, 0.05) is 11.6 Å². The summed E-state index contributed by atoms with van der Waals surface area (Å²) < 4.78 is 5.18. The summed E-state index contributed by atoms with van der Waals surface area (Å²) in [4.78, 5) is 20.7. The molecule has 0 saturated carbocycles. The summed E-state index contributed by atoms with van der Waals surface area (Å²) in [7, 11) is 0. The van der Waals surface area contributed by atoms with Crippen molar-refractivity contribution in [3.8, 4) is 10.7 Å². The summed E-state index contributed by atoms with van der Waals surface area (Å²) in [5.74, 6) is 0.202. The molecule has 0 aliphatic carbocycles. The van der Waals surface area contributed by atoms with Crippen molar-refractivity contribution >= 4 is 17.2 Å². The number of rotatable bonds is 6. The number of furan rings is 1. The largest absolute Gasteiger partial charge is 0.466 e. The van der Waals surface area contributed by atoms with Gasteiger partial charge in [0.15, 0.2) is 0 Å². The van der Waals surface area contributed by atoms with Crippen LogP contribution in [0.25, 0.3) is 10.7 Å². The Kier molecular flexibility index (Phi) is 4.73. The molecule has 3 heterocycles. The smallest absolute Gasteiger partial charge is 0.226 e. The SMILES string of the molecule is CC(O)(CNC(=O)Cc1csc(-c2ccccn2)n1)c1ccco1. The summed E-state index contributed by atoms with van der Waals surface area (Å²) in [6.07, 6.45) is 3.34. The molecule has 7 heteroatoms. The van der Waals surface area contributed by atoms with Gasteiger partial charge < -0.3 is 14.8 Å². The molecule has 6 nitrogen and oxygen atoms in total. The number of hydrogen-bond donors (Lipinski definition) is 2. The first-order valence-electron chi connectivity index (χ1n) is 7.43. The van der Waals surface area contributed by atoms with Crippen LogP contribution in [0.1, 0.15) is 18.4 Å². The van der Waals surface area contributed by atoms with Crippen LogP contribution >= 0.6 is 11.3 Å². The fourth-order valence-electron chi connectivity index (χ4n) is 2.16. The van der Waals surface area contributed by atoms with Crippen molar-refractivity contribution in [2.45, 2.75) is 18.9 Å². The number of aromatic nitrogens is 2. The minimum atomic E-state index is -1.25. The molecule has 3 aromatic heterocycles. The first-order chi connectivity index (χ1) is 11.5. The van der Waals surface area contributed by atoms with E-state index in [1.807, 2.05) is 23.6 Å². The molecular formula is C17H17N3O3S. The number of pyridine rings is 1. The zero-order valence-corrected chi connectivity index (χ0v) is 13.9. The fraction of sp³-hybridized carbons (Fsp3) is 0.235. The van der Waals surface area contributed by atoms with Crippen molar-refractivity contribution in [1.29, 1.82) is 0 Å². The summed E-state index contributed by atoms with van der Waals surface area (Å²) >= 11 is 1.45. The fourth-order valence-corrected chi connectivity index (χ4v) is 2.96. The molecule has 1 atom stereocenters. The highest BCUT2D eigenvalue weighted by molar-refractivity contribution is 7.13. The molecule has 0 spiro atoms. The van der Waals surface area contributed by atoms with Crippen LogP contribution in [0.5, 0.6) is 0 Å². The van der Waals surface area contributed by atoms with E-state index in [4.69, 9.17) is 4.42 Å². The maximum atomic E-state index is 12.1. The van der Waals surface area contributed by atoms with Crippen LogP contribution in [0, 0.1) is 0 Å². The molecule has 24 heavy (non-hydrogen) atoms. The zero-order chi connectivity index (χ0) is 17.0. The lowest BCUT2D eigenvalue weighted by Crippen LogP contribution is -2.39. The van der Waals surface area contributed by atoms with E-state index < -0.39 is 5.60 Å². The third-order valence-electron chi connectivity index (χ3n) is 3.46. The first-order valence-corrected chi connectivity index (χ1v) is 8.31. The maximum Gasteiger partial charge on any atom is 0.226 e. The van der Waals surface area contributed by atoms with Gasteiger partial charge in [-0.15, -0.1) is 11.3 Å². The van der Waals surface area contributed by atoms with E-state index in [1.54, 1.807) is 25.3 Å². The van der Waals surface area contributed by atoms with Crippen LogP contribution < -0.4 is 5.32 Å². The second kappa shape index (κ2) is 6.94. The molecule has 0 aliphatic heterocycles. The van der Waals surface area contributed by atoms with Crippen molar-refractivity contribution in [1.82, 2.24) is 15.3 Å². The quantitative estimate of drug-likeness (QED) is 0.717. The summed E-state index contributed by atoms with van der Waals surface area (Å²) in [5.41, 5.74) is 0.214. The zero-order valence-electron chi connectivity index (χ0n) is 13.1. The Hall–Kier alpha value is -2.51. The second-order valence-corrected chi connectivity index (χ2v) is 6.42. The standard InChI is InChI=1S/C17H17N3O3S/c1-17(22,14-6-4-8-23-14)11-19-15(21)9-12-10-24-16(20-12)13-5-2-3-7-18-13/h2-8,10,22H,9,11H2,1H3,(H,19,21). The molecule has 1 amide bonds. The number of nitrogens with zero attached hydrogens (tertiary/aromatic N) is 2. The number of amides is 1. The molecular weight excluding hydrogens is 326 g/mol. The highest BCUT2D eigenvalue weighted by Crippen LogP contribution is 2.22. The van der Waals surface area contributed by atoms with Gasteiger partial charge in [-0.2, -0.15) is 0 Å². The van der Waals surface area contributed by atoms with E-state index in [0.29, 0.717) is 11.5 Å². The van der Waals surface area contributed by atoms with Crippen molar-refractivity contribution in [3.05, 3.63) is 59.6 Å². The third-order valence-corrected chi connectivity index (χ3v) is 4.37. The highest BCUT2D eigenvalue weighted by atomic mass is 32.1. The predicted octanol–water partition coefficient (Wildman–Crippen LogP) is 2.36. The number of hydrogen-bond acceptors (Lipinski definition) is 6. The molecule has 0 aromatic carbocycles. The minimum absolute atomic E-state index is 0.0661. The number of thiazole rings is 1. The monoisotopic (exact) mass is 343 g/mol. The van der Waals surface area contributed by atoms with E-state index in [0.717, 1.165) is 10.7 Å². The lowest BCUT2D eigenvalue weighted by Gasteiger charge is -2.20. The Morgan fingerprint density at radius 2 is 2.25 bits per heavy atom. The molecule has 1 unspecified atom stereocenters. The Morgan fingerprint density at radius 1 is 1.38 bits per heavy atom. The van der Waals surface area contributed by atoms with E-state index in [9.17, 15) is 9.90 Å². The normalized spacial score (nSPS) is 13.4. The van der Waals surface area contributed by atoms with Crippen LogP contribution in [-0.4, -0.2) is 27.5 Å². The van der Waals surface area contributed by atoms with E-state index in [2.05, 4.69) is 15.3 Å². The highest BCUT2D eigenvalue weighted by Gasteiger charge is 2.26. The molecule has 2 N–H and O–H groups in total. The number of carbonyl (C=O) groups excluding carboxylic acids is 1. The Morgan fingerprint density at radius 3 is 2.96 bits per heavy atom. The molecule has 0 fully saturated rings. The lowest BCUT2D eigenvalue weighted by molar-refractivity contribution is -0.121. The Labute approximate surface area is 143 Å². The van der Waals surface area contributed by atoms with Crippen LogP contribution in [0.2, 0.25) is 0 Å². The molecule has 3 rings (SSSR count). The lowest BCUT2D eigenvalue weighted by atomic mass is 10.0. The van der Waals surface area contributed by atoms with Gasteiger partial charge in [-0.3, -0.25) is 9.78 Å². The molecule has 124 valence electrons. The van der Waals surface area contributed by atoms with Gasteiger partial charge in [0.2, 0.25) is 5.91 Å². The van der Waals surface area contributed by atoms with Crippen molar-refractivity contribution in [2.24, 2.45) is 0 Å². The Balaban J connectivity index is 1.57. The van der Waals surface area contributed by atoms with Crippen molar-refractivity contribution in [3.63, 3.8) is 0 Å². The van der Waals surface area contributed by atoms with Crippen LogP contribution in [-0.2, 0) is 16.8 Å². The van der Waals surface area contributed by atoms with Gasteiger partial charge in [0.1, 0.15) is 16.4 Å². The number of carbonyl (C=O) groups is 1. The van der Waals surface area contributed by atoms with Gasteiger partial charge in [0.05, 0.1) is 30.6 Å². The van der Waals surface area contributed by atoms with Crippen molar-refractivity contribution < 1.29 is 14.3 Å². The average molecular weight is 343 g/mol. The number of nitrogens with one attached hydrogen (secondary N) is 1. The van der Waals surface area contributed by atoms with Gasteiger partial charge in [0.25, 0.3) is 0 Å². The Bertz CT molecular complexity index is 798. The first kappa shape index (κ1) is 16.4. The summed E-state index contributed by atoms with van der Waals surface area (Å²) in [6.45, 7) is 1.66. The van der Waals surface area contributed by atoms with Crippen molar-refractivity contribution in [2.75, 3.05) is 6.54 Å². The molecule has 0 radical (unpaired) electrons. The van der Waals surface area contributed by atoms with E-state index in [1.165, 1.54) is 17.6 Å². The molecule has 0 saturated heterocycles. The van der Waals surface area contributed by atoms with E-state index >= 15 is 0 Å².